The molecule has 0 aliphatic rings. The smallest absolute Gasteiger partial charge is 0.355 e. The van der Waals surface area contributed by atoms with Gasteiger partial charge in [0.15, 0.2) is 0 Å². The van der Waals surface area contributed by atoms with Crippen LogP contribution in [0.2, 0.25) is 0 Å². The molecule has 0 saturated carbocycles. The number of unbranched alkanes of at least 4 members (excludes halogenated alkanes) is 1. The van der Waals surface area contributed by atoms with E-state index in [-0.39, 0.29) is 11.7 Å². The summed E-state index contributed by atoms with van der Waals surface area (Å²) in [5.41, 5.74) is -0.0748. The van der Waals surface area contributed by atoms with Crippen molar-refractivity contribution in [3.8, 4) is 0 Å². The third kappa shape index (κ3) is 6.32. The van der Waals surface area contributed by atoms with Crippen LogP contribution in [0.5, 0.6) is 0 Å². The highest BCUT2D eigenvalue weighted by Gasteiger charge is 2.30. The topological polar surface area (TPSA) is 29.1 Å². The fraction of sp³-hybridized carbons (Fsp3) is 0.500. The molecule has 0 spiro atoms. The maximum Gasteiger partial charge on any atom is 0.416 e. The lowest BCUT2D eigenvalue weighted by molar-refractivity contribution is -0.137. The minimum atomic E-state index is -4.32. The second-order valence-electron chi connectivity index (χ2n) is 4.39. The zero-order valence-corrected chi connectivity index (χ0v) is 12.1. The molecule has 0 bridgehead atoms. The molecule has 1 rings (SSSR count). The monoisotopic (exact) mass is 305 g/mol. The molecule has 1 aromatic carbocycles. The second kappa shape index (κ2) is 8.19. The maximum absolute atomic E-state index is 12.5. The first-order valence-corrected chi connectivity index (χ1v) is 7.59. The standard InChI is InChI=1S/C14H18F3NOS/c1-2-3-7-18-13(19)10-20-9-11-5-4-6-12(8-11)14(15,16)17/h4-6,8H,2-3,7,9-10H2,1H3,(H,18,19). The van der Waals surface area contributed by atoms with Crippen molar-refractivity contribution >= 4 is 17.7 Å². The molecule has 0 fully saturated rings. The van der Waals surface area contributed by atoms with Crippen molar-refractivity contribution in [1.29, 1.82) is 0 Å². The van der Waals surface area contributed by atoms with Gasteiger partial charge in [-0.15, -0.1) is 11.8 Å². The predicted molar refractivity (Wildman–Crippen MR) is 75.5 cm³/mol. The van der Waals surface area contributed by atoms with Gasteiger partial charge in [-0.1, -0.05) is 31.5 Å². The van der Waals surface area contributed by atoms with Crippen LogP contribution in [0.1, 0.15) is 30.9 Å². The van der Waals surface area contributed by atoms with E-state index < -0.39 is 11.7 Å². The lowest BCUT2D eigenvalue weighted by Gasteiger charge is -2.08. The molecule has 0 aromatic heterocycles. The SMILES string of the molecule is CCCCNC(=O)CSCc1cccc(C(F)(F)F)c1. The number of thioether (sulfide) groups is 1. The van der Waals surface area contributed by atoms with Gasteiger partial charge < -0.3 is 5.32 Å². The highest BCUT2D eigenvalue weighted by atomic mass is 32.2. The number of hydrogen-bond donors (Lipinski definition) is 1. The minimum absolute atomic E-state index is 0.0737. The molecule has 1 aromatic rings. The van der Waals surface area contributed by atoms with E-state index in [9.17, 15) is 18.0 Å². The van der Waals surface area contributed by atoms with Crippen LogP contribution in [0.15, 0.2) is 24.3 Å². The fourth-order valence-electron chi connectivity index (χ4n) is 1.55. The van der Waals surface area contributed by atoms with E-state index in [2.05, 4.69) is 5.32 Å². The molecule has 2 nitrogen and oxygen atoms in total. The zero-order chi connectivity index (χ0) is 15.0. The van der Waals surface area contributed by atoms with Crippen LogP contribution in [0.3, 0.4) is 0 Å². The Kier molecular flexibility index (Phi) is 6.91. The van der Waals surface area contributed by atoms with Crippen LogP contribution in [0.25, 0.3) is 0 Å². The van der Waals surface area contributed by atoms with Crippen LogP contribution in [-0.2, 0) is 16.7 Å². The Morgan fingerprint density at radius 1 is 1.35 bits per heavy atom. The van der Waals surface area contributed by atoms with Gasteiger partial charge >= 0.3 is 6.18 Å². The van der Waals surface area contributed by atoms with E-state index >= 15 is 0 Å². The number of rotatable bonds is 7. The van der Waals surface area contributed by atoms with Gasteiger partial charge in [-0.3, -0.25) is 4.79 Å². The largest absolute Gasteiger partial charge is 0.416 e. The van der Waals surface area contributed by atoms with Crippen molar-refractivity contribution in [2.45, 2.75) is 31.7 Å². The lowest BCUT2D eigenvalue weighted by atomic mass is 10.1. The molecule has 0 aliphatic heterocycles. The van der Waals surface area contributed by atoms with Crippen LogP contribution in [-0.4, -0.2) is 18.2 Å². The van der Waals surface area contributed by atoms with Crippen LogP contribution < -0.4 is 5.32 Å². The maximum atomic E-state index is 12.5. The molecule has 0 aliphatic carbocycles. The number of nitrogens with one attached hydrogen (secondary N) is 1. The molecule has 0 saturated heterocycles. The molecule has 1 N–H and O–H groups in total. The number of hydrogen-bond acceptors (Lipinski definition) is 2. The quantitative estimate of drug-likeness (QED) is 0.775. The highest BCUT2D eigenvalue weighted by Crippen LogP contribution is 2.30. The van der Waals surface area contributed by atoms with Gasteiger partial charge in [0.1, 0.15) is 0 Å². The summed E-state index contributed by atoms with van der Waals surface area (Å²) in [4.78, 5) is 11.4. The summed E-state index contributed by atoms with van der Waals surface area (Å²) in [7, 11) is 0. The number of amides is 1. The van der Waals surface area contributed by atoms with Crippen molar-refractivity contribution in [2.24, 2.45) is 0 Å². The average Bonchev–Trinajstić information content (AvgIpc) is 2.38. The van der Waals surface area contributed by atoms with Crippen molar-refractivity contribution < 1.29 is 18.0 Å². The summed E-state index contributed by atoms with van der Waals surface area (Å²) in [6.07, 6.45) is -2.38. The molecule has 0 unspecified atom stereocenters. The summed E-state index contributed by atoms with van der Waals surface area (Å²) >= 11 is 1.31. The van der Waals surface area contributed by atoms with Crippen molar-refractivity contribution in [3.63, 3.8) is 0 Å². The lowest BCUT2D eigenvalue weighted by Crippen LogP contribution is -2.26. The van der Waals surface area contributed by atoms with Gasteiger partial charge in [-0.2, -0.15) is 13.2 Å². The Labute approximate surface area is 121 Å². The van der Waals surface area contributed by atoms with Crippen molar-refractivity contribution in [1.82, 2.24) is 5.32 Å². The summed E-state index contributed by atoms with van der Waals surface area (Å²) in [6, 6.07) is 5.20. The molecular formula is C14H18F3NOS. The van der Waals surface area contributed by atoms with Gasteiger partial charge in [0.25, 0.3) is 0 Å². The summed E-state index contributed by atoms with van der Waals surface area (Å²) in [5, 5.41) is 2.77. The molecule has 112 valence electrons. The molecule has 0 radical (unpaired) electrons. The Balaban J connectivity index is 2.37. The van der Waals surface area contributed by atoms with Gasteiger partial charge in [0.05, 0.1) is 11.3 Å². The molecular weight excluding hydrogens is 287 g/mol. The number of alkyl halides is 3. The first kappa shape index (κ1) is 16.9. The first-order valence-electron chi connectivity index (χ1n) is 6.44. The van der Waals surface area contributed by atoms with Crippen molar-refractivity contribution in [3.05, 3.63) is 35.4 Å². The predicted octanol–water partition coefficient (Wildman–Crippen LogP) is 3.85. The van der Waals surface area contributed by atoms with E-state index in [1.165, 1.54) is 17.8 Å². The number of carbonyl (C=O) groups excluding carboxylic acids is 1. The van der Waals surface area contributed by atoms with Crippen LogP contribution in [0.4, 0.5) is 13.2 Å². The Morgan fingerprint density at radius 2 is 2.10 bits per heavy atom. The normalized spacial score (nSPS) is 11.4. The number of halogens is 3. The molecule has 1 amide bonds. The van der Waals surface area contributed by atoms with E-state index in [1.807, 2.05) is 6.92 Å². The van der Waals surface area contributed by atoms with E-state index in [1.54, 1.807) is 6.07 Å². The number of benzene rings is 1. The minimum Gasteiger partial charge on any atom is -0.355 e. The van der Waals surface area contributed by atoms with Crippen LogP contribution in [0, 0.1) is 0 Å². The Bertz CT molecular complexity index is 435. The Hall–Kier alpha value is -1.17. The van der Waals surface area contributed by atoms with E-state index in [0.717, 1.165) is 25.0 Å². The average molecular weight is 305 g/mol. The van der Waals surface area contributed by atoms with Gasteiger partial charge in [-0.25, -0.2) is 0 Å². The van der Waals surface area contributed by atoms with Gasteiger partial charge in [-0.05, 0) is 18.1 Å². The second-order valence-corrected chi connectivity index (χ2v) is 5.38. The summed E-state index contributed by atoms with van der Waals surface area (Å²) < 4.78 is 37.6. The highest BCUT2D eigenvalue weighted by molar-refractivity contribution is 7.99. The first-order chi connectivity index (χ1) is 9.43. The summed E-state index contributed by atoms with van der Waals surface area (Å²) in [6.45, 7) is 2.69. The van der Waals surface area contributed by atoms with Crippen molar-refractivity contribution in [2.75, 3.05) is 12.3 Å². The van der Waals surface area contributed by atoms with Gasteiger partial charge in [0, 0.05) is 12.3 Å². The third-order valence-corrected chi connectivity index (χ3v) is 3.61. The molecule has 0 heterocycles. The molecule has 6 heteroatoms. The summed E-state index contributed by atoms with van der Waals surface area (Å²) in [5.74, 6) is 0.584. The van der Waals surface area contributed by atoms with E-state index in [0.29, 0.717) is 17.9 Å². The third-order valence-electron chi connectivity index (χ3n) is 2.61. The fourth-order valence-corrected chi connectivity index (χ4v) is 2.36. The number of carbonyl (C=O) groups is 1. The zero-order valence-electron chi connectivity index (χ0n) is 11.3. The van der Waals surface area contributed by atoms with Gasteiger partial charge in [0.2, 0.25) is 5.91 Å². The molecule has 0 atom stereocenters. The Morgan fingerprint density at radius 3 is 2.75 bits per heavy atom. The molecule has 20 heavy (non-hydrogen) atoms. The van der Waals surface area contributed by atoms with E-state index in [4.69, 9.17) is 0 Å². The van der Waals surface area contributed by atoms with Crippen LogP contribution >= 0.6 is 11.8 Å².